The van der Waals surface area contributed by atoms with E-state index in [9.17, 15) is 0 Å². The van der Waals surface area contributed by atoms with Gasteiger partial charge in [0.15, 0.2) is 5.96 Å². The maximum absolute atomic E-state index is 5.52. The van der Waals surface area contributed by atoms with Crippen molar-refractivity contribution in [2.75, 3.05) is 52.5 Å². The van der Waals surface area contributed by atoms with Gasteiger partial charge in [-0.3, -0.25) is 9.89 Å². The molecular formula is C19H35N5OS. The first-order chi connectivity index (χ1) is 12.5. The number of hydrogen-bond donors (Lipinski definition) is 3. The van der Waals surface area contributed by atoms with Crippen LogP contribution in [0.4, 0.5) is 0 Å². The highest BCUT2D eigenvalue weighted by Crippen LogP contribution is 2.26. The molecule has 0 spiro atoms. The number of morpholine rings is 1. The van der Waals surface area contributed by atoms with E-state index in [-0.39, 0.29) is 5.54 Å². The summed E-state index contributed by atoms with van der Waals surface area (Å²) in [5.41, 5.74) is 0.137. The van der Waals surface area contributed by atoms with Crippen LogP contribution in [0.1, 0.15) is 38.6 Å². The van der Waals surface area contributed by atoms with Crippen LogP contribution < -0.4 is 16.0 Å². The molecule has 6 nitrogen and oxygen atoms in total. The zero-order valence-corrected chi connectivity index (χ0v) is 17.5. The highest BCUT2D eigenvalue weighted by atomic mass is 32.1. The van der Waals surface area contributed by atoms with E-state index in [1.54, 1.807) is 0 Å². The Labute approximate surface area is 162 Å². The Morgan fingerprint density at radius 3 is 2.65 bits per heavy atom. The Bertz CT molecular complexity index is 521. The highest BCUT2D eigenvalue weighted by molar-refractivity contribution is 7.10. The lowest BCUT2D eigenvalue weighted by molar-refractivity contribution is 0.0186. The lowest BCUT2D eigenvalue weighted by atomic mass is 10.1. The SMILES string of the molecule is CCNC(=NCC(c1cccs1)N1CCOCC1)NCCNC(C)(C)C. The molecule has 0 aromatic carbocycles. The lowest BCUT2D eigenvalue weighted by Crippen LogP contribution is -2.45. The van der Waals surface area contributed by atoms with Crippen LogP contribution >= 0.6 is 11.3 Å². The van der Waals surface area contributed by atoms with Crippen molar-refractivity contribution in [2.45, 2.75) is 39.3 Å². The van der Waals surface area contributed by atoms with Crippen molar-refractivity contribution in [3.63, 3.8) is 0 Å². The van der Waals surface area contributed by atoms with Crippen LogP contribution in [0.2, 0.25) is 0 Å². The fraction of sp³-hybridized carbons (Fsp3) is 0.737. The lowest BCUT2D eigenvalue weighted by Gasteiger charge is -2.33. The number of ether oxygens (including phenoxy) is 1. The molecule has 1 aliphatic heterocycles. The van der Waals surface area contributed by atoms with Crippen molar-refractivity contribution in [3.8, 4) is 0 Å². The fourth-order valence-corrected chi connectivity index (χ4v) is 3.75. The number of guanidine groups is 1. The van der Waals surface area contributed by atoms with E-state index in [1.165, 1.54) is 4.88 Å². The molecular weight excluding hydrogens is 346 g/mol. The minimum atomic E-state index is 0.137. The van der Waals surface area contributed by atoms with E-state index >= 15 is 0 Å². The van der Waals surface area contributed by atoms with Gasteiger partial charge in [-0.2, -0.15) is 0 Å². The monoisotopic (exact) mass is 381 g/mol. The summed E-state index contributed by atoms with van der Waals surface area (Å²) in [6.07, 6.45) is 0. The van der Waals surface area contributed by atoms with E-state index < -0.39 is 0 Å². The van der Waals surface area contributed by atoms with Gasteiger partial charge in [0.2, 0.25) is 0 Å². The van der Waals surface area contributed by atoms with Crippen LogP contribution in [0.5, 0.6) is 0 Å². The smallest absolute Gasteiger partial charge is 0.191 e. The normalized spacial score (nSPS) is 17.9. The molecule has 1 unspecified atom stereocenters. The second kappa shape index (κ2) is 10.9. The number of nitrogens with zero attached hydrogens (tertiary/aromatic N) is 2. The molecule has 2 heterocycles. The molecule has 0 amide bonds. The summed E-state index contributed by atoms with van der Waals surface area (Å²) in [5, 5.41) is 12.4. The van der Waals surface area contributed by atoms with Gasteiger partial charge in [0.05, 0.1) is 25.8 Å². The predicted octanol–water partition coefficient (Wildman–Crippen LogP) is 2.06. The summed E-state index contributed by atoms with van der Waals surface area (Å²) >= 11 is 1.81. The molecule has 0 aliphatic carbocycles. The van der Waals surface area contributed by atoms with E-state index in [0.717, 1.165) is 58.4 Å². The second-order valence-electron chi connectivity index (χ2n) is 7.50. The number of rotatable bonds is 8. The van der Waals surface area contributed by atoms with Crippen molar-refractivity contribution in [1.29, 1.82) is 0 Å². The summed E-state index contributed by atoms with van der Waals surface area (Å²) in [6.45, 7) is 15.6. The highest BCUT2D eigenvalue weighted by Gasteiger charge is 2.23. The van der Waals surface area contributed by atoms with Gasteiger partial charge in [-0.15, -0.1) is 11.3 Å². The number of thiophene rings is 1. The summed E-state index contributed by atoms with van der Waals surface area (Å²) in [6, 6.07) is 4.66. The summed E-state index contributed by atoms with van der Waals surface area (Å²) < 4.78 is 5.52. The molecule has 7 heteroatoms. The number of hydrogen-bond acceptors (Lipinski definition) is 5. The maximum Gasteiger partial charge on any atom is 0.191 e. The zero-order valence-electron chi connectivity index (χ0n) is 16.7. The van der Waals surface area contributed by atoms with E-state index in [1.807, 2.05) is 11.3 Å². The third kappa shape index (κ3) is 7.61. The zero-order chi connectivity index (χ0) is 18.8. The Morgan fingerprint density at radius 2 is 2.04 bits per heavy atom. The summed E-state index contributed by atoms with van der Waals surface area (Å²) in [5.74, 6) is 0.887. The molecule has 1 aromatic rings. The van der Waals surface area contributed by atoms with Gasteiger partial charge in [0.25, 0.3) is 0 Å². The average molecular weight is 382 g/mol. The molecule has 0 saturated carbocycles. The van der Waals surface area contributed by atoms with Crippen molar-refractivity contribution >= 4 is 17.3 Å². The second-order valence-corrected chi connectivity index (χ2v) is 8.48. The van der Waals surface area contributed by atoms with Gasteiger partial charge in [0.1, 0.15) is 0 Å². The topological polar surface area (TPSA) is 60.9 Å². The summed E-state index contributed by atoms with van der Waals surface area (Å²) in [7, 11) is 0. The van der Waals surface area contributed by atoms with Crippen molar-refractivity contribution < 1.29 is 4.74 Å². The minimum Gasteiger partial charge on any atom is -0.379 e. The molecule has 3 N–H and O–H groups in total. The first-order valence-corrected chi connectivity index (χ1v) is 10.5. The molecule has 1 fully saturated rings. The Balaban J connectivity index is 1.94. The third-order valence-corrected chi connectivity index (χ3v) is 5.17. The van der Waals surface area contributed by atoms with E-state index in [0.29, 0.717) is 6.04 Å². The number of nitrogens with one attached hydrogen (secondary N) is 3. The van der Waals surface area contributed by atoms with Crippen LogP contribution in [0, 0.1) is 0 Å². The van der Waals surface area contributed by atoms with Crippen LogP contribution in [-0.4, -0.2) is 68.9 Å². The fourth-order valence-electron chi connectivity index (χ4n) is 2.89. The van der Waals surface area contributed by atoms with Gasteiger partial charge in [-0.25, -0.2) is 0 Å². The first kappa shape index (κ1) is 21.2. The van der Waals surface area contributed by atoms with E-state index in [4.69, 9.17) is 9.73 Å². The molecule has 1 atom stereocenters. The summed E-state index contributed by atoms with van der Waals surface area (Å²) in [4.78, 5) is 8.74. The third-order valence-electron chi connectivity index (χ3n) is 4.20. The first-order valence-electron chi connectivity index (χ1n) is 9.62. The standard InChI is InChI=1S/C19H35N5OS/c1-5-20-18(21-8-9-23-19(2,3)4)22-15-16(17-7-6-14-26-17)24-10-12-25-13-11-24/h6-7,14,16,23H,5,8-13,15H2,1-4H3,(H2,20,21,22). The number of aliphatic imine (C=N–C) groups is 1. The van der Waals surface area contributed by atoms with E-state index in [2.05, 4.69) is 66.1 Å². The molecule has 1 aromatic heterocycles. The molecule has 0 bridgehead atoms. The van der Waals surface area contributed by atoms with Crippen molar-refractivity contribution in [3.05, 3.63) is 22.4 Å². The predicted molar refractivity (Wildman–Crippen MR) is 111 cm³/mol. The molecule has 1 saturated heterocycles. The van der Waals surface area contributed by atoms with Crippen LogP contribution in [-0.2, 0) is 4.74 Å². The van der Waals surface area contributed by atoms with Gasteiger partial charge in [0, 0.05) is 43.1 Å². The van der Waals surface area contributed by atoms with Crippen LogP contribution in [0.3, 0.4) is 0 Å². The molecule has 2 rings (SSSR count). The van der Waals surface area contributed by atoms with Gasteiger partial charge < -0.3 is 20.7 Å². The molecule has 0 radical (unpaired) electrons. The Morgan fingerprint density at radius 1 is 1.27 bits per heavy atom. The van der Waals surface area contributed by atoms with Gasteiger partial charge in [-0.1, -0.05) is 6.07 Å². The maximum atomic E-state index is 5.52. The van der Waals surface area contributed by atoms with Gasteiger partial charge in [-0.05, 0) is 39.1 Å². The van der Waals surface area contributed by atoms with Crippen LogP contribution in [0.15, 0.2) is 22.5 Å². The average Bonchev–Trinajstić information content (AvgIpc) is 3.13. The Hall–Kier alpha value is -1.15. The van der Waals surface area contributed by atoms with Gasteiger partial charge >= 0.3 is 0 Å². The molecule has 1 aliphatic rings. The van der Waals surface area contributed by atoms with Crippen molar-refractivity contribution in [2.24, 2.45) is 4.99 Å². The largest absolute Gasteiger partial charge is 0.379 e. The molecule has 148 valence electrons. The van der Waals surface area contributed by atoms with Crippen molar-refractivity contribution in [1.82, 2.24) is 20.9 Å². The van der Waals surface area contributed by atoms with Crippen LogP contribution in [0.25, 0.3) is 0 Å². The molecule has 26 heavy (non-hydrogen) atoms. The minimum absolute atomic E-state index is 0.137. The Kier molecular flexibility index (Phi) is 8.84. The quantitative estimate of drug-likeness (QED) is 0.366.